The lowest BCUT2D eigenvalue weighted by atomic mass is 9.95. The summed E-state index contributed by atoms with van der Waals surface area (Å²) in [5.74, 6) is 3.97. The van der Waals surface area contributed by atoms with E-state index in [9.17, 15) is 0 Å². The van der Waals surface area contributed by atoms with Crippen LogP contribution < -0.4 is 5.73 Å². The van der Waals surface area contributed by atoms with E-state index in [1.807, 2.05) is 0 Å². The van der Waals surface area contributed by atoms with E-state index in [0.717, 1.165) is 31.2 Å². The molecule has 90 valence electrons. The van der Waals surface area contributed by atoms with Crippen LogP contribution in [-0.4, -0.2) is 21.3 Å². The number of fused-ring (bicyclic) bond motifs is 1. The Morgan fingerprint density at radius 3 is 2.75 bits per heavy atom. The topological polar surface area (TPSA) is 56.7 Å². The Hall–Kier alpha value is -0.900. The molecule has 0 bridgehead atoms. The van der Waals surface area contributed by atoms with Crippen LogP contribution in [0.25, 0.3) is 0 Å². The molecule has 0 radical (unpaired) electrons. The molecule has 2 heterocycles. The second kappa shape index (κ2) is 4.53. The first-order valence-corrected chi connectivity index (χ1v) is 6.25. The third-order valence-electron chi connectivity index (χ3n) is 3.83. The smallest absolute Gasteiger partial charge is 0.136 e. The molecule has 0 saturated heterocycles. The van der Waals surface area contributed by atoms with Crippen molar-refractivity contribution in [2.24, 2.45) is 17.6 Å². The van der Waals surface area contributed by atoms with Gasteiger partial charge in [0.15, 0.2) is 0 Å². The van der Waals surface area contributed by atoms with Crippen LogP contribution in [0.2, 0.25) is 0 Å². The van der Waals surface area contributed by atoms with Gasteiger partial charge in [-0.3, -0.25) is 0 Å². The number of rotatable bonds is 3. The highest BCUT2D eigenvalue weighted by molar-refractivity contribution is 5.05. The first-order valence-electron chi connectivity index (χ1n) is 6.25. The quantitative estimate of drug-likeness (QED) is 0.844. The molecule has 1 aromatic heterocycles. The summed E-state index contributed by atoms with van der Waals surface area (Å²) >= 11 is 0. The average Bonchev–Trinajstić information content (AvgIpc) is 2.70. The van der Waals surface area contributed by atoms with Crippen molar-refractivity contribution in [3.63, 3.8) is 0 Å². The van der Waals surface area contributed by atoms with Gasteiger partial charge >= 0.3 is 0 Å². The van der Waals surface area contributed by atoms with Gasteiger partial charge in [0.2, 0.25) is 0 Å². The third-order valence-corrected chi connectivity index (χ3v) is 3.83. The molecule has 4 heteroatoms. The number of hydrogen-bond acceptors (Lipinski definition) is 3. The molecule has 2 N–H and O–H groups in total. The molecule has 1 aliphatic heterocycles. The van der Waals surface area contributed by atoms with Gasteiger partial charge in [0.25, 0.3) is 0 Å². The van der Waals surface area contributed by atoms with Crippen molar-refractivity contribution in [1.82, 2.24) is 14.8 Å². The third kappa shape index (κ3) is 1.98. The van der Waals surface area contributed by atoms with Crippen molar-refractivity contribution in [2.45, 2.75) is 46.1 Å². The number of hydrogen-bond donors (Lipinski definition) is 1. The Morgan fingerprint density at radius 1 is 1.38 bits per heavy atom. The number of aromatic nitrogens is 3. The van der Waals surface area contributed by atoms with Crippen molar-refractivity contribution < 1.29 is 0 Å². The standard InChI is InChI=1S/C12H22N4/c1-8(2)9(3)12-15-14-11-6-10(7-13)4-5-16(11)12/h8-10H,4-7,13H2,1-3H3. The molecule has 0 spiro atoms. The van der Waals surface area contributed by atoms with Crippen LogP contribution in [0.5, 0.6) is 0 Å². The van der Waals surface area contributed by atoms with Crippen molar-refractivity contribution in [3.8, 4) is 0 Å². The van der Waals surface area contributed by atoms with Crippen LogP contribution in [0.3, 0.4) is 0 Å². The Balaban J connectivity index is 2.22. The fourth-order valence-electron chi connectivity index (χ4n) is 2.25. The Kier molecular flexibility index (Phi) is 3.28. The molecule has 0 amide bonds. The number of nitrogens with two attached hydrogens (primary N) is 1. The van der Waals surface area contributed by atoms with Gasteiger partial charge in [-0.15, -0.1) is 10.2 Å². The molecule has 2 atom stereocenters. The minimum Gasteiger partial charge on any atom is -0.330 e. The summed E-state index contributed by atoms with van der Waals surface area (Å²) < 4.78 is 2.30. The van der Waals surface area contributed by atoms with Crippen LogP contribution >= 0.6 is 0 Å². The summed E-state index contributed by atoms with van der Waals surface area (Å²) in [7, 11) is 0. The monoisotopic (exact) mass is 222 g/mol. The molecule has 2 unspecified atom stereocenters. The van der Waals surface area contributed by atoms with Gasteiger partial charge in [0.1, 0.15) is 11.6 Å². The Labute approximate surface area is 97.2 Å². The molecule has 1 aliphatic rings. The van der Waals surface area contributed by atoms with Crippen LogP contribution in [0, 0.1) is 11.8 Å². The van der Waals surface area contributed by atoms with Crippen LogP contribution in [0.4, 0.5) is 0 Å². The summed E-state index contributed by atoms with van der Waals surface area (Å²) in [4.78, 5) is 0. The van der Waals surface area contributed by atoms with Gasteiger partial charge in [-0.05, 0) is 24.8 Å². The molecule has 0 aliphatic carbocycles. The molecular weight excluding hydrogens is 200 g/mol. The van der Waals surface area contributed by atoms with E-state index in [4.69, 9.17) is 5.73 Å². The second-order valence-electron chi connectivity index (χ2n) is 5.25. The summed E-state index contributed by atoms with van der Waals surface area (Å²) in [6, 6.07) is 0. The van der Waals surface area contributed by atoms with E-state index in [1.54, 1.807) is 0 Å². The van der Waals surface area contributed by atoms with E-state index < -0.39 is 0 Å². The van der Waals surface area contributed by atoms with Crippen LogP contribution in [0.1, 0.15) is 44.8 Å². The Morgan fingerprint density at radius 2 is 2.12 bits per heavy atom. The van der Waals surface area contributed by atoms with Gasteiger partial charge in [-0.25, -0.2) is 0 Å². The zero-order valence-electron chi connectivity index (χ0n) is 10.5. The molecule has 16 heavy (non-hydrogen) atoms. The van der Waals surface area contributed by atoms with Gasteiger partial charge in [-0.1, -0.05) is 20.8 Å². The van der Waals surface area contributed by atoms with E-state index in [1.165, 1.54) is 6.42 Å². The lowest BCUT2D eigenvalue weighted by Gasteiger charge is -2.24. The lowest BCUT2D eigenvalue weighted by Crippen LogP contribution is -2.27. The van der Waals surface area contributed by atoms with E-state index in [2.05, 4.69) is 35.5 Å². The highest BCUT2D eigenvalue weighted by Gasteiger charge is 2.25. The Bertz CT molecular complexity index is 356. The van der Waals surface area contributed by atoms with Gasteiger partial charge in [-0.2, -0.15) is 0 Å². The lowest BCUT2D eigenvalue weighted by molar-refractivity contribution is 0.372. The summed E-state index contributed by atoms with van der Waals surface area (Å²) in [5, 5.41) is 8.68. The maximum absolute atomic E-state index is 5.72. The summed E-state index contributed by atoms with van der Waals surface area (Å²) in [6.07, 6.45) is 2.16. The zero-order valence-corrected chi connectivity index (χ0v) is 10.5. The SMILES string of the molecule is CC(C)C(C)c1nnc2n1CCC(CN)C2. The van der Waals surface area contributed by atoms with Gasteiger partial charge in [0, 0.05) is 18.9 Å². The minimum absolute atomic E-state index is 0.482. The first-order chi connectivity index (χ1) is 7.63. The minimum atomic E-state index is 0.482. The average molecular weight is 222 g/mol. The van der Waals surface area contributed by atoms with E-state index >= 15 is 0 Å². The van der Waals surface area contributed by atoms with Crippen molar-refractivity contribution in [2.75, 3.05) is 6.54 Å². The van der Waals surface area contributed by atoms with E-state index in [0.29, 0.717) is 17.8 Å². The summed E-state index contributed by atoms with van der Waals surface area (Å²) in [6.45, 7) is 8.51. The molecule has 0 aromatic carbocycles. The predicted molar refractivity (Wildman–Crippen MR) is 64.1 cm³/mol. The number of nitrogens with zero attached hydrogens (tertiary/aromatic N) is 3. The maximum atomic E-state index is 5.72. The molecule has 0 fully saturated rings. The fraction of sp³-hybridized carbons (Fsp3) is 0.833. The molecule has 1 aromatic rings. The molecule has 2 rings (SSSR count). The molecule has 0 saturated carbocycles. The highest BCUT2D eigenvalue weighted by atomic mass is 15.3. The maximum Gasteiger partial charge on any atom is 0.136 e. The highest BCUT2D eigenvalue weighted by Crippen LogP contribution is 2.26. The van der Waals surface area contributed by atoms with Crippen LogP contribution in [0.15, 0.2) is 0 Å². The fourth-order valence-corrected chi connectivity index (χ4v) is 2.25. The first kappa shape index (κ1) is 11.6. The largest absolute Gasteiger partial charge is 0.330 e. The zero-order chi connectivity index (χ0) is 11.7. The van der Waals surface area contributed by atoms with Gasteiger partial charge in [0.05, 0.1) is 0 Å². The van der Waals surface area contributed by atoms with E-state index in [-0.39, 0.29) is 0 Å². The van der Waals surface area contributed by atoms with Crippen molar-refractivity contribution >= 4 is 0 Å². The van der Waals surface area contributed by atoms with Crippen LogP contribution in [-0.2, 0) is 13.0 Å². The normalized spacial score (nSPS) is 22.2. The summed E-state index contributed by atoms with van der Waals surface area (Å²) in [5.41, 5.74) is 5.72. The second-order valence-corrected chi connectivity index (χ2v) is 5.25. The van der Waals surface area contributed by atoms with Gasteiger partial charge < -0.3 is 10.3 Å². The van der Waals surface area contributed by atoms with Crippen molar-refractivity contribution in [1.29, 1.82) is 0 Å². The van der Waals surface area contributed by atoms with Crippen molar-refractivity contribution in [3.05, 3.63) is 11.6 Å². The predicted octanol–water partition coefficient (Wildman–Crippen LogP) is 1.56. The molecular formula is C12H22N4. The molecule has 4 nitrogen and oxygen atoms in total.